The molecule has 1 aliphatic carbocycles. The highest BCUT2D eigenvalue weighted by Crippen LogP contribution is 2.60. The smallest absolute Gasteiger partial charge is 0.410 e. The predicted octanol–water partition coefficient (Wildman–Crippen LogP) is 9.44. The average Bonchev–Trinajstić information content (AvgIpc) is 3.32. The Morgan fingerprint density at radius 2 is 1.77 bits per heavy atom. The summed E-state index contributed by atoms with van der Waals surface area (Å²) >= 11 is 2.44. The SMILES string of the molecule is CC1(C)Cc2nc(C3CCOCC3)c3c(c2[C@@H](O[Si](C)(C)C(C)(C)C)C1)C1(CCOCC1I)O[C@@H]3c1ccc(C(F)(F)F)c(C#N)c1. The molecule has 6 nitrogen and oxygen atoms in total. The van der Waals surface area contributed by atoms with Crippen LogP contribution in [0.15, 0.2) is 18.2 Å². The van der Waals surface area contributed by atoms with Gasteiger partial charge >= 0.3 is 6.18 Å². The zero-order valence-electron chi connectivity index (χ0n) is 28.4. The lowest BCUT2D eigenvalue weighted by atomic mass is 9.69. The molecule has 2 saturated heterocycles. The number of fused-ring (bicyclic) bond motifs is 4. The van der Waals surface area contributed by atoms with Crippen molar-refractivity contribution in [2.24, 2.45) is 5.41 Å². The number of rotatable bonds is 4. The molecule has 1 aromatic heterocycles. The van der Waals surface area contributed by atoms with E-state index in [9.17, 15) is 18.4 Å². The van der Waals surface area contributed by atoms with Gasteiger partial charge in [0.25, 0.3) is 0 Å². The Morgan fingerprint density at radius 1 is 1.06 bits per heavy atom. The number of hydrogen-bond donors (Lipinski definition) is 0. The molecule has 47 heavy (non-hydrogen) atoms. The van der Waals surface area contributed by atoms with Crippen LogP contribution in [0.5, 0.6) is 0 Å². The van der Waals surface area contributed by atoms with Crippen LogP contribution in [0.4, 0.5) is 13.2 Å². The molecule has 2 fully saturated rings. The minimum atomic E-state index is -4.64. The predicted molar refractivity (Wildman–Crippen MR) is 184 cm³/mol. The Hall–Kier alpha value is -1.56. The van der Waals surface area contributed by atoms with Crippen LogP contribution in [0.3, 0.4) is 0 Å². The van der Waals surface area contributed by atoms with E-state index in [2.05, 4.69) is 70.3 Å². The summed E-state index contributed by atoms with van der Waals surface area (Å²) in [5, 5.41) is 9.84. The molecule has 1 aromatic carbocycles. The van der Waals surface area contributed by atoms with Crippen molar-refractivity contribution >= 4 is 30.9 Å². The minimum Gasteiger partial charge on any atom is -0.410 e. The van der Waals surface area contributed by atoms with Gasteiger partial charge in [-0.3, -0.25) is 4.98 Å². The maximum Gasteiger partial charge on any atom is 0.417 e. The quantitative estimate of drug-likeness (QED) is 0.175. The fourth-order valence-electron chi connectivity index (χ4n) is 7.67. The van der Waals surface area contributed by atoms with Crippen LogP contribution in [0.25, 0.3) is 0 Å². The van der Waals surface area contributed by atoms with Gasteiger partial charge < -0.3 is 18.6 Å². The third-order valence-electron chi connectivity index (χ3n) is 11.1. The first-order valence-corrected chi connectivity index (χ1v) is 20.9. The second-order valence-electron chi connectivity index (χ2n) is 16.0. The maximum absolute atomic E-state index is 13.9. The van der Waals surface area contributed by atoms with Gasteiger partial charge in [0.1, 0.15) is 11.7 Å². The number of pyridine rings is 1. The molecule has 0 bridgehead atoms. The Labute approximate surface area is 291 Å². The van der Waals surface area contributed by atoms with Crippen molar-refractivity contribution in [2.45, 2.75) is 119 Å². The van der Waals surface area contributed by atoms with E-state index < -0.39 is 37.3 Å². The number of ether oxygens (including phenoxy) is 3. The van der Waals surface area contributed by atoms with Crippen LogP contribution < -0.4 is 0 Å². The van der Waals surface area contributed by atoms with E-state index in [0.29, 0.717) is 38.4 Å². The highest BCUT2D eigenvalue weighted by atomic mass is 127. The average molecular weight is 783 g/mol. The molecule has 0 radical (unpaired) electrons. The molecule has 1 spiro atoms. The van der Waals surface area contributed by atoms with Gasteiger partial charge in [0.15, 0.2) is 8.32 Å². The van der Waals surface area contributed by atoms with Gasteiger partial charge in [-0.25, -0.2) is 0 Å². The highest BCUT2D eigenvalue weighted by molar-refractivity contribution is 14.1. The fourth-order valence-corrected chi connectivity index (χ4v) is 9.96. The van der Waals surface area contributed by atoms with E-state index in [1.165, 1.54) is 12.1 Å². The third-order valence-corrected chi connectivity index (χ3v) is 17.0. The lowest BCUT2D eigenvalue weighted by Gasteiger charge is -2.47. The number of benzene rings is 1. The van der Waals surface area contributed by atoms with Gasteiger partial charge in [-0.05, 0) is 66.9 Å². The molecule has 6 rings (SSSR count). The Balaban J connectivity index is 1.65. The van der Waals surface area contributed by atoms with Crippen LogP contribution in [0.1, 0.15) is 123 Å². The molecule has 4 atom stereocenters. The van der Waals surface area contributed by atoms with Crippen LogP contribution in [0, 0.1) is 16.7 Å². The molecule has 0 amide bonds. The molecule has 4 heterocycles. The van der Waals surface area contributed by atoms with E-state index in [1.807, 2.05) is 6.07 Å². The first-order chi connectivity index (χ1) is 21.9. The lowest BCUT2D eigenvalue weighted by Crippen LogP contribution is -2.47. The van der Waals surface area contributed by atoms with E-state index in [0.717, 1.165) is 59.8 Å². The molecule has 4 aliphatic rings. The van der Waals surface area contributed by atoms with Gasteiger partial charge in [0.05, 0.1) is 39.5 Å². The summed E-state index contributed by atoms with van der Waals surface area (Å²) in [6.45, 7) is 18.2. The Kier molecular flexibility index (Phi) is 9.26. The van der Waals surface area contributed by atoms with E-state index in [-0.39, 0.29) is 26.4 Å². The number of hydrogen-bond acceptors (Lipinski definition) is 6. The Morgan fingerprint density at radius 3 is 2.38 bits per heavy atom. The molecular formula is C36H46F3IN2O4Si. The number of halogens is 4. The maximum atomic E-state index is 13.9. The van der Waals surface area contributed by atoms with Crippen molar-refractivity contribution in [3.05, 3.63) is 63.0 Å². The zero-order valence-corrected chi connectivity index (χ0v) is 31.6. The van der Waals surface area contributed by atoms with Gasteiger partial charge in [0, 0.05) is 54.5 Å². The van der Waals surface area contributed by atoms with Gasteiger partial charge in [0.2, 0.25) is 0 Å². The zero-order chi connectivity index (χ0) is 34.2. The van der Waals surface area contributed by atoms with Crippen LogP contribution in [0.2, 0.25) is 18.1 Å². The summed E-state index contributed by atoms with van der Waals surface area (Å²) in [5.41, 5.74) is 3.57. The summed E-state index contributed by atoms with van der Waals surface area (Å²) in [5.74, 6) is 0.117. The first kappa shape index (κ1) is 35.3. The number of alkyl halides is 4. The lowest BCUT2D eigenvalue weighted by molar-refractivity contribution is -0.137. The van der Waals surface area contributed by atoms with Crippen molar-refractivity contribution in [3.63, 3.8) is 0 Å². The van der Waals surface area contributed by atoms with Crippen molar-refractivity contribution in [1.82, 2.24) is 4.98 Å². The van der Waals surface area contributed by atoms with Crippen LogP contribution in [-0.2, 0) is 36.8 Å². The van der Waals surface area contributed by atoms with Crippen LogP contribution in [-0.4, -0.2) is 43.7 Å². The second kappa shape index (κ2) is 12.3. The van der Waals surface area contributed by atoms with Crippen molar-refractivity contribution < 1.29 is 31.8 Å². The molecular weight excluding hydrogens is 736 g/mol. The summed E-state index contributed by atoms with van der Waals surface area (Å²) < 4.78 is 68.0. The minimum absolute atomic E-state index is 0.0114. The van der Waals surface area contributed by atoms with Crippen molar-refractivity contribution in [1.29, 1.82) is 5.26 Å². The van der Waals surface area contributed by atoms with E-state index >= 15 is 0 Å². The molecule has 2 aromatic rings. The summed E-state index contributed by atoms with van der Waals surface area (Å²) in [6.07, 6.45) is -1.68. The van der Waals surface area contributed by atoms with E-state index in [4.69, 9.17) is 23.6 Å². The monoisotopic (exact) mass is 782 g/mol. The van der Waals surface area contributed by atoms with Gasteiger partial charge in [-0.15, -0.1) is 0 Å². The van der Waals surface area contributed by atoms with Crippen molar-refractivity contribution in [3.8, 4) is 6.07 Å². The number of nitriles is 1. The topological polar surface area (TPSA) is 73.6 Å². The third kappa shape index (κ3) is 6.33. The number of aromatic nitrogens is 1. The Bertz CT molecular complexity index is 1580. The molecule has 2 unspecified atom stereocenters. The molecule has 11 heteroatoms. The highest BCUT2D eigenvalue weighted by Gasteiger charge is 2.57. The number of nitrogens with zero attached hydrogens (tertiary/aromatic N) is 2. The normalized spacial score (nSPS) is 28.2. The van der Waals surface area contributed by atoms with Crippen molar-refractivity contribution in [2.75, 3.05) is 26.4 Å². The summed E-state index contributed by atoms with van der Waals surface area (Å²) in [7, 11) is -2.25. The summed E-state index contributed by atoms with van der Waals surface area (Å²) in [6, 6.07) is 5.69. The molecule has 3 aliphatic heterocycles. The summed E-state index contributed by atoms with van der Waals surface area (Å²) in [4.78, 5) is 5.55. The standard InChI is InChI=1S/C36H46F3IN2O4Si/c1-33(2,3)47(6,7)46-26-18-34(4,5)17-25-28(26)30-29(31(42-25)21-10-13-43-14-11-21)32(45-35(30)12-15-44-20-27(35)40)22-8-9-24(36(37,38)39)23(16-22)19-41/h8-9,16,21,26-27,32H,10-15,17-18,20H2,1-7H3/t26-,27?,32+,35?/m0/s1. The van der Waals surface area contributed by atoms with E-state index in [1.54, 1.807) is 0 Å². The first-order valence-electron chi connectivity index (χ1n) is 16.7. The molecule has 0 N–H and O–H groups in total. The molecule has 0 saturated carbocycles. The fraction of sp³-hybridized carbons (Fsp3) is 0.667. The second-order valence-corrected chi connectivity index (χ2v) is 22.3. The molecule has 256 valence electrons. The van der Waals surface area contributed by atoms with Crippen LogP contribution >= 0.6 is 22.6 Å². The van der Waals surface area contributed by atoms with Gasteiger partial charge in [-0.2, -0.15) is 18.4 Å². The van der Waals surface area contributed by atoms with Gasteiger partial charge in [-0.1, -0.05) is 63.3 Å². The largest absolute Gasteiger partial charge is 0.417 e.